The fourth-order valence-corrected chi connectivity index (χ4v) is 6.78. The zero-order valence-electron chi connectivity index (χ0n) is 21.3. The molecule has 1 heterocycles. The molecule has 1 aliphatic rings. The molecule has 1 unspecified atom stereocenters. The van der Waals surface area contributed by atoms with E-state index in [1.54, 1.807) is 30.3 Å². The number of nitrogens with zero attached hydrogens (tertiary/aromatic N) is 1. The first-order valence-corrected chi connectivity index (χ1v) is 14.9. The Morgan fingerprint density at radius 1 is 1.13 bits per heavy atom. The number of methoxy groups -OCH3 is 1. The highest BCUT2D eigenvalue weighted by molar-refractivity contribution is 7.92. The number of rotatable bonds is 13. The second-order valence-corrected chi connectivity index (χ2v) is 12.4. The summed E-state index contributed by atoms with van der Waals surface area (Å²) in [7, 11) is -2.64. The summed E-state index contributed by atoms with van der Waals surface area (Å²) in [5.74, 6) is -1.90. The lowest BCUT2D eigenvalue weighted by Crippen LogP contribution is -2.41. The number of aromatic nitrogens is 1. The maximum Gasteiger partial charge on any atom is 0.251 e. The number of fused-ring (bicyclic) bond motifs is 1. The topological polar surface area (TPSA) is 164 Å². The molecule has 1 saturated carbocycles. The summed E-state index contributed by atoms with van der Waals surface area (Å²) in [5, 5.41) is 15.3. The van der Waals surface area contributed by atoms with Gasteiger partial charge in [0.15, 0.2) is 15.1 Å². The molecule has 11 nitrogen and oxygen atoms in total. The molecule has 208 valence electrons. The molecule has 3 aromatic rings. The minimum atomic E-state index is -4.01. The van der Waals surface area contributed by atoms with Crippen molar-refractivity contribution >= 4 is 49.1 Å². The SMILES string of the molecule is COCCS(=O)(=O)C(C(=O)NCC(=O)NC1CC1)c1nc2cc(-c3cccc(C(=O)NCCO)c3)ccc2s1. The van der Waals surface area contributed by atoms with Crippen LogP contribution in [-0.4, -0.2) is 81.4 Å². The molecule has 4 rings (SSSR count). The standard InChI is InChI=1S/C26H30N4O7S2/c1-37-11-12-39(35,36)23(25(34)28-15-22(32)29-19-6-7-19)26-30-20-14-17(5-8-21(20)38-26)16-3-2-4-18(13-16)24(33)27-9-10-31/h2-5,8,13-14,19,23,31H,6-7,9-12,15H2,1H3,(H,27,33)(H,28,34)(H,29,32). The molecule has 4 N–H and O–H groups in total. The van der Waals surface area contributed by atoms with Gasteiger partial charge >= 0.3 is 0 Å². The quantitative estimate of drug-likeness (QED) is 0.236. The lowest BCUT2D eigenvalue weighted by molar-refractivity contribution is -0.126. The highest BCUT2D eigenvalue weighted by atomic mass is 32.2. The van der Waals surface area contributed by atoms with Gasteiger partial charge in [-0.3, -0.25) is 14.4 Å². The number of benzene rings is 2. The van der Waals surface area contributed by atoms with Gasteiger partial charge in [0.05, 0.1) is 35.7 Å². The molecule has 13 heteroatoms. The Bertz CT molecular complexity index is 1470. The Labute approximate surface area is 229 Å². The fraction of sp³-hybridized carbons (Fsp3) is 0.385. The minimum absolute atomic E-state index is 0.0917. The molecule has 1 aromatic heterocycles. The van der Waals surface area contributed by atoms with Gasteiger partial charge in [-0.15, -0.1) is 11.3 Å². The monoisotopic (exact) mass is 574 g/mol. The second-order valence-electron chi connectivity index (χ2n) is 9.09. The minimum Gasteiger partial charge on any atom is -0.395 e. The van der Waals surface area contributed by atoms with E-state index in [0.29, 0.717) is 15.8 Å². The number of aliphatic hydroxyl groups excluding tert-OH is 1. The van der Waals surface area contributed by atoms with Crippen LogP contribution >= 0.6 is 11.3 Å². The summed E-state index contributed by atoms with van der Waals surface area (Å²) in [6.07, 6.45) is 1.78. The van der Waals surface area contributed by atoms with Crippen LogP contribution in [0.15, 0.2) is 42.5 Å². The van der Waals surface area contributed by atoms with Crippen LogP contribution in [0.2, 0.25) is 0 Å². The van der Waals surface area contributed by atoms with Crippen LogP contribution in [-0.2, 0) is 24.2 Å². The Kier molecular flexibility index (Phi) is 9.28. The van der Waals surface area contributed by atoms with Crippen molar-refractivity contribution in [3.63, 3.8) is 0 Å². The highest BCUT2D eigenvalue weighted by Crippen LogP contribution is 2.34. The number of carbonyl (C=O) groups excluding carboxylic acids is 3. The first-order valence-electron chi connectivity index (χ1n) is 12.4. The van der Waals surface area contributed by atoms with Crippen molar-refractivity contribution < 1.29 is 32.6 Å². The number of carbonyl (C=O) groups is 3. The van der Waals surface area contributed by atoms with E-state index in [1.807, 2.05) is 12.1 Å². The number of hydrogen-bond acceptors (Lipinski definition) is 9. The van der Waals surface area contributed by atoms with Gasteiger partial charge < -0.3 is 25.8 Å². The number of sulfone groups is 1. The maximum atomic E-state index is 13.2. The Morgan fingerprint density at radius 2 is 1.90 bits per heavy atom. The molecular formula is C26H30N4O7S2. The van der Waals surface area contributed by atoms with Crippen molar-refractivity contribution in [3.05, 3.63) is 53.0 Å². The molecule has 1 fully saturated rings. The van der Waals surface area contributed by atoms with Crippen LogP contribution in [0.4, 0.5) is 0 Å². The van der Waals surface area contributed by atoms with Gasteiger partial charge in [0.25, 0.3) is 5.91 Å². The van der Waals surface area contributed by atoms with Crippen LogP contribution in [0.25, 0.3) is 21.3 Å². The Hall–Kier alpha value is -3.39. The first kappa shape index (κ1) is 28.6. The number of thiazole rings is 1. The summed E-state index contributed by atoms with van der Waals surface area (Å²) in [4.78, 5) is 42.0. The van der Waals surface area contributed by atoms with Gasteiger partial charge in [0.2, 0.25) is 11.8 Å². The third-order valence-electron chi connectivity index (χ3n) is 6.02. The van der Waals surface area contributed by atoms with E-state index >= 15 is 0 Å². The Balaban J connectivity index is 1.61. The van der Waals surface area contributed by atoms with E-state index in [4.69, 9.17) is 9.84 Å². The summed E-state index contributed by atoms with van der Waals surface area (Å²) < 4.78 is 32.0. The molecule has 0 radical (unpaired) electrons. The summed E-state index contributed by atoms with van der Waals surface area (Å²) in [5.41, 5.74) is 2.41. The number of hydrogen-bond donors (Lipinski definition) is 4. The average molecular weight is 575 g/mol. The number of ether oxygens (including phenoxy) is 1. The second kappa shape index (κ2) is 12.6. The van der Waals surface area contributed by atoms with Crippen LogP contribution in [0.5, 0.6) is 0 Å². The molecular weight excluding hydrogens is 544 g/mol. The lowest BCUT2D eigenvalue weighted by atomic mass is 10.0. The summed E-state index contributed by atoms with van der Waals surface area (Å²) >= 11 is 1.09. The third-order valence-corrected chi connectivity index (χ3v) is 9.16. The average Bonchev–Trinajstić information content (AvgIpc) is 3.64. The van der Waals surface area contributed by atoms with Crippen molar-refractivity contribution in [1.29, 1.82) is 0 Å². The zero-order chi connectivity index (χ0) is 28.0. The molecule has 3 amide bonds. The van der Waals surface area contributed by atoms with Gasteiger partial charge in [-0.25, -0.2) is 13.4 Å². The summed E-state index contributed by atoms with van der Waals surface area (Å²) in [6.45, 7) is -0.444. The van der Waals surface area contributed by atoms with Gasteiger partial charge in [0, 0.05) is 25.3 Å². The van der Waals surface area contributed by atoms with E-state index in [1.165, 1.54) is 7.11 Å². The van der Waals surface area contributed by atoms with E-state index < -0.39 is 21.0 Å². The number of aliphatic hydroxyl groups is 1. The largest absolute Gasteiger partial charge is 0.395 e. The first-order chi connectivity index (χ1) is 18.7. The van der Waals surface area contributed by atoms with Crippen molar-refractivity contribution in [1.82, 2.24) is 20.9 Å². The molecule has 39 heavy (non-hydrogen) atoms. The lowest BCUT2D eigenvalue weighted by Gasteiger charge is -2.15. The van der Waals surface area contributed by atoms with E-state index in [0.717, 1.165) is 35.3 Å². The Morgan fingerprint density at radius 3 is 2.62 bits per heavy atom. The molecule has 2 aromatic carbocycles. The number of nitrogens with one attached hydrogen (secondary N) is 3. The zero-order valence-corrected chi connectivity index (χ0v) is 22.9. The molecule has 0 aliphatic heterocycles. The van der Waals surface area contributed by atoms with Gasteiger partial charge in [-0.1, -0.05) is 18.2 Å². The molecule has 0 spiro atoms. The van der Waals surface area contributed by atoms with Crippen LogP contribution in [0.1, 0.15) is 33.5 Å². The van der Waals surface area contributed by atoms with Crippen LogP contribution in [0, 0.1) is 0 Å². The van der Waals surface area contributed by atoms with Crippen LogP contribution in [0.3, 0.4) is 0 Å². The fourth-order valence-electron chi connectivity index (χ4n) is 3.86. The van der Waals surface area contributed by atoms with E-state index in [2.05, 4.69) is 20.9 Å². The predicted molar refractivity (Wildman–Crippen MR) is 147 cm³/mol. The highest BCUT2D eigenvalue weighted by Gasteiger charge is 2.37. The van der Waals surface area contributed by atoms with Gasteiger partial charge in [-0.05, 0) is 48.2 Å². The smallest absolute Gasteiger partial charge is 0.251 e. The van der Waals surface area contributed by atoms with Gasteiger partial charge in [-0.2, -0.15) is 0 Å². The molecule has 1 aliphatic carbocycles. The molecule has 1 atom stereocenters. The predicted octanol–water partition coefficient (Wildman–Crippen LogP) is 1.18. The van der Waals surface area contributed by atoms with E-state index in [9.17, 15) is 22.8 Å². The summed E-state index contributed by atoms with van der Waals surface area (Å²) in [6, 6.07) is 12.4. The van der Waals surface area contributed by atoms with Crippen molar-refractivity contribution in [3.8, 4) is 11.1 Å². The van der Waals surface area contributed by atoms with Gasteiger partial charge in [0.1, 0.15) is 5.01 Å². The molecule has 0 bridgehead atoms. The van der Waals surface area contributed by atoms with Crippen molar-refractivity contribution in [2.75, 3.05) is 39.2 Å². The maximum absolute atomic E-state index is 13.2. The molecule has 0 saturated heterocycles. The normalized spacial score (nSPS) is 14.1. The number of amides is 3. The van der Waals surface area contributed by atoms with Crippen LogP contribution < -0.4 is 16.0 Å². The van der Waals surface area contributed by atoms with E-state index in [-0.39, 0.29) is 54.9 Å². The third kappa shape index (κ3) is 7.38. The van der Waals surface area contributed by atoms with Crippen molar-refractivity contribution in [2.45, 2.75) is 24.1 Å². The van der Waals surface area contributed by atoms with Crippen molar-refractivity contribution in [2.24, 2.45) is 0 Å².